The SMILES string of the molecule is COC(=O)C(CCl)CC1CCCCC1. The van der Waals surface area contributed by atoms with Gasteiger partial charge in [0.25, 0.3) is 0 Å². The van der Waals surface area contributed by atoms with E-state index in [4.69, 9.17) is 16.3 Å². The predicted molar refractivity (Wildman–Crippen MR) is 57.4 cm³/mol. The van der Waals surface area contributed by atoms with E-state index in [1.54, 1.807) is 0 Å². The molecule has 0 radical (unpaired) electrons. The lowest BCUT2D eigenvalue weighted by Crippen LogP contribution is -2.22. The quantitative estimate of drug-likeness (QED) is 0.536. The monoisotopic (exact) mass is 218 g/mol. The molecule has 0 spiro atoms. The van der Waals surface area contributed by atoms with Crippen LogP contribution in [0.25, 0.3) is 0 Å². The van der Waals surface area contributed by atoms with Gasteiger partial charge in [-0.2, -0.15) is 0 Å². The summed E-state index contributed by atoms with van der Waals surface area (Å²) in [5.74, 6) is 0.838. The summed E-state index contributed by atoms with van der Waals surface area (Å²) in [7, 11) is 1.43. The van der Waals surface area contributed by atoms with E-state index in [-0.39, 0.29) is 11.9 Å². The Kier molecular flexibility index (Phi) is 5.31. The van der Waals surface area contributed by atoms with Crippen molar-refractivity contribution in [3.8, 4) is 0 Å². The predicted octanol–water partition coefficient (Wildman–Crippen LogP) is 2.98. The van der Waals surface area contributed by atoms with Crippen molar-refractivity contribution in [3.05, 3.63) is 0 Å². The molecule has 14 heavy (non-hydrogen) atoms. The maximum absolute atomic E-state index is 11.3. The smallest absolute Gasteiger partial charge is 0.309 e. The van der Waals surface area contributed by atoms with Gasteiger partial charge in [0.1, 0.15) is 0 Å². The summed E-state index contributed by atoms with van der Waals surface area (Å²) in [6, 6.07) is 0. The van der Waals surface area contributed by atoms with E-state index in [2.05, 4.69) is 0 Å². The fourth-order valence-electron chi connectivity index (χ4n) is 2.21. The molecule has 2 nitrogen and oxygen atoms in total. The molecule has 82 valence electrons. The van der Waals surface area contributed by atoms with Crippen LogP contribution in [-0.4, -0.2) is 19.0 Å². The van der Waals surface area contributed by atoms with Gasteiger partial charge in [0.15, 0.2) is 0 Å². The minimum Gasteiger partial charge on any atom is -0.469 e. The molecule has 1 saturated carbocycles. The molecule has 3 heteroatoms. The Balaban J connectivity index is 2.34. The third-order valence-corrected chi connectivity index (χ3v) is 3.44. The first-order chi connectivity index (χ1) is 6.77. The van der Waals surface area contributed by atoms with Crippen LogP contribution < -0.4 is 0 Å². The molecule has 0 bridgehead atoms. The highest BCUT2D eigenvalue weighted by molar-refractivity contribution is 6.19. The van der Waals surface area contributed by atoms with E-state index >= 15 is 0 Å². The van der Waals surface area contributed by atoms with Crippen molar-refractivity contribution in [2.75, 3.05) is 13.0 Å². The van der Waals surface area contributed by atoms with Gasteiger partial charge in [-0.05, 0) is 12.3 Å². The van der Waals surface area contributed by atoms with Gasteiger partial charge in [-0.15, -0.1) is 11.6 Å². The Morgan fingerprint density at radius 2 is 2.07 bits per heavy atom. The second kappa shape index (κ2) is 6.28. The Morgan fingerprint density at radius 3 is 2.57 bits per heavy atom. The van der Waals surface area contributed by atoms with Crippen LogP contribution in [0.4, 0.5) is 0 Å². The summed E-state index contributed by atoms with van der Waals surface area (Å²) in [4.78, 5) is 11.3. The largest absolute Gasteiger partial charge is 0.469 e. The highest BCUT2D eigenvalue weighted by Crippen LogP contribution is 2.29. The third-order valence-electron chi connectivity index (χ3n) is 3.06. The topological polar surface area (TPSA) is 26.3 Å². The normalized spacial score (nSPS) is 20.4. The number of alkyl halides is 1. The lowest BCUT2D eigenvalue weighted by molar-refractivity contribution is -0.145. The lowest BCUT2D eigenvalue weighted by atomic mass is 9.83. The minimum absolute atomic E-state index is 0.0928. The number of rotatable bonds is 4. The molecule has 1 aliphatic carbocycles. The van der Waals surface area contributed by atoms with Crippen molar-refractivity contribution in [1.29, 1.82) is 0 Å². The summed E-state index contributed by atoms with van der Waals surface area (Å²) < 4.78 is 4.72. The van der Waals surface area contributed by atoms with Gasteiger partial charge in [-0.25, -0.2) is 0 Å². The first kappa shape index (κ1) is 11.8. The van der Waals surface area contributed by atoms with E-state index in [0.717, 1.165) is 6.42 Å². The molecule has 0 aromatic heterocycles. The molecular weight excluding hydrogens is 200 g/mol. The molecule has 0 aromatic rings. The van der Waals surface area contributed by atoms with Crippen LogP contribution in [0.1, 0.15) is 38.5 Å². The van der Waals surface area contributed by atoms with Gasteiger partial charge in [0.2, 0.25) is 0 Å². The van der Waals surface area contributed by atoms with Crippen molar-refractivity contribution >= 4 is 17.6 Å². The van der Waals surface area contributed by atoms with Gasteiger partial charge in [0.05, 0.1) is 13.0 Å². The first-order valence-electron chi connectivity index (χ1n) is 5.41. The van der Waals surface area contributed by atoms with Crippen molar-refractivity contribution in [3.63, 3.8) is 0 Å². The molecular formula is C11H19ClO2. The molecule has 0 N–H and O–H groups in total. The van der Waals surface area contributed by atoms with Gasteiger partial charge >= 0.3 is 5.97 Å². The van der Waals surface area contributed by atoms with Gasteiger partial charge < -0.3 is 4.74 Å². The number of hydrogen-bond donors (Lipinski definition) is 0. The fraction of sp³-hybridized carbons (Fsp3) is 0.909. The molecule has 0 saturated heterocycles. The molecule has 0 aliphatic heterocycles. The van der Waals surface area contributed by atoms with Gasteiger partial charge in [-0.1, -0.05) is 32.1 Å². The standard InChI is InChI=1S/C11H19ClO2/c1-14-11(13)10(8-12)7-9-5-3-2-4-6-9/h9-10H,2-8H2,1H3. The van der Waals surface area contributed by atoms with E-state index in [0.29, 0.717) is 11.8 Å². The van der Waals surface area contributed by atoms with Crippen LogP contribution in [-0.2, 0) is 9.53 Å². The van der Waals surface area contributed by atoms with Crippen LogP contribution in [0.3, 0.4) is 0 Å². The maximum Gasteiger partial charge on any atom is 0.309 e. The van der Waals surface area contributed by atoms with Crippen LogP contribution in [0.5, 0.6) is 0 Å². The Bertz CT molecular complexity index is 176. The first-order valence-corrected chi connectivity index (χ1v) is 5.95. The minimum atomic E-state index is -0.148. The molecule has 1 rings (SSSR count). The summed E-state index contributed by atoms with van der Waals surface area (Å²) in [6.45, 7) is 0. The van der Waals surface area contributed by atoms with Crippen molar-refractivity contribution in [2.24, 2.45) is 11.8 Å². The maximum atomic E-state index is 11.3. The second-order valence-electron chi connectivity index (χ2n) is 4.11. The number of ether oxygens (including phenoxy) is 1. The molecule has 0 heterocycles. The molecule has 0 aromatic carbocycles. The number of hydrogen-bond acceptors (Lipinski definition) is 2. The average Bonchev–Trinajstić information content (AvgIpc) is 2.26. The van der Waals surface area contributed by atoms with E-state index < -0.39 is 0 Å². The average molecular weight is 219 g/mol. The summed E-state index contributed by atoms with van der Waals surface area (Å²) in [6.07, 6.45) is 7.38. The van der Waals surface area contributed by atoms with Crippen molar-refractivity contribution in [2.45, 2.75) is 38.5 Å². The van der Waals surface area contributed by atoms with Crippen molar-refractivity contribution < 1.29 is 9.53 Å². The fourth-order valence-corrected chi connectivity index (χ4v) is 2.47. The zero-order chi connectivity index (χ0) is 10.4. The lowest BCUT2D eigenvalue weighted by Gasteiger charge is -2.24. The summed E-state index contributed by atoms with van der Waals surface area (Å²) in [5, 5.41) is 0. The highest BCUT2D eigenvalue weighted by Gasteiger charge is 2.23. The van der Waals surface area contributed by atoms with E-state index in [1.807, 2.05) is 0 Å². The number of methoxy groups -OCH3 is 1. The summed E-state index contributed by atoms with van der Waals surface area (Å²) in [5.41, 5.74) is 0. The Hall–Kier alpha value is -0.240. The number of halogens is 1. The molecule has 0 amide bonds. The van der Waals surface area contributed by atoms with Gasteiger partial charge in [-0.3, -0.25) is 4.79 Å². The van der Waals surface area contributed by atoms with Crippen LogP contribution in [0.15, 0.2) is 0 Å². The van der Waals surface area contributed by atoms with Crippen LogP contribution in [0.2, 0.25) is 0 Å². The van der Waals surface area contributed by atoms with Crippen LogP contribution >= 0.6 is 11.6 Å². The Labute approximate surface area is 91.0 Å². The highest BCUT2D eigenvalue weighted by atomic mass is 35.5. The zero-order valence-electron chi connectivity index (χ0n) is 8.80. The van der Waals surface area contributed by atoms with Crippen LogP contribution in [0, 0.1) is 11.8 Å². The molecule has 1 aliphatic rings. The zero-order valence-corrected chi connectivity index (χ0v) is 9.55. The summed E-state index contributed by atoms with van der Waals surface area (Å²) >= 11 is 5.76. The molecule has 1 atom stereocenters. The number of esters is 1. The van der Waals surface area contributed by atoms with E-state index in [1.165, 1.54) is 39.2 Å². The van der Waals surface area contributed by atoms with Gasteiger partial charge in [0, 0.05) is 5.88 Å². The number of carbonyl (C=O) groups excluding carboxylic acids is 1. The third kappa shape index (κ3) is 3.49. The number of carbonyl (C=O) groups is 1. The second-order valence-corrected chi connectivity index (χ2v) is 4.42. The van der Waals surface area contributed by atoms with E-state index in [9.17, 15) is 4.79 Å². The van der Waals surface area contributed by atoms with Crippen molar-refractivity contribution in [1.82, 2.24) is 0 Å². The molecule has 1 fully saturated rings. The Morgan fingerprint density at radius 1 is 1.43 bits per heavy atom. The molecule has 1 unspecified atom stereocenters.